The van der Waals surface area contributed by atoms with Crippen LogP contribution < -0.4 is 10.6 Å². The van der Waals surface area contributed by atoms with Crippen LogP contribution in [-0.4, -0.2) is 17.6 Å². The van der Waals surface area contributed by atoms with Gasteiger partial charge in [0.25, 0.3) is 0 Å². The predicted octanol–water partition coefficient (Wildman–Crippen LogP) is 5.43. The summed E-state index contributed by atoms with van der Waals surface area (Å²) in [5.41, 5.74) is 4.14. The molecule has 0 aliphatic carbocycles. The number of nitrogens with zero attached hydrogens (tertiary/aromatic N) is 2. The maximum Gasteiger partial charge on any atom is 0.324 e. The van der Waals surface area contributed by atoms with Gasteiger partial charge in [0.05, 0.1) is 17.3 Å². The minimum absolute atomic E-state index is 0.241. The number of nitrogens with one attached hydrogen (secondary N) is 2. The lowest BCUT2D eigenvalue weighted by Gasteiger charge is -2.19. The molecule has 1 aliphatic heterocycles. The number of hydrogen-bond acceptors (Lipinski definition) is 3. The average Bonchev–Trinajstić information content (AvgIpc) is 2.84. The number of carbonyl (C=O) groups excluding carboxylic acids is 1. The molecule has 0 bridgehead atoms. The second-order valence-corrected chi connectivity index (χ2v) is 6.53. The molecule has 0 saturated heterocycles. The van der Waals surface area contributed by atoms with Gasteiger partial charge in [0.2, 0.25) is 0 Å². The van der Waals surface area contributed by atoms with Gasteiger partial charge in [-0.05, 0) is 36.8 Å². The third kappa shape index (κ3) is 3.83. The third-order valence-electron chi connectivity index (χ3n) is 4.52. The van der Waals surface area contributed by atoms with Gasteiger partial charge in [0, 0.05) is 11.4 Å². The van der Waals surface area contributed by atoms with Crippen molar-refractivity contribution in [2.75, 3.05) is 5.32 Å². The van der Waals surface area contributed by atoms with Crippen molar-refractivity contribution in [1.82, 2.24) is 5.32 Å². The summed E-state index contributed by atoms with van der Waals surface area (Å²) in [5.74, 6) is 0.306. The maximum atomic E-state index is 12.6. The van der Waals surface area contributed by atoms with E-state index in [1.165, 1.54) is 0 Å². The number of benzene rings is 3. The van der Waals surface area contributed by atoms with E-state index in [1.54, 1.807) is 0 Å². The van der Waals surface area contributed by atoms with Crippen LogP contribution in [0.1, 0.15) is 18.4 Å². The Morgan fingerprint density at radius 2 is 1.32 bits per heavy atom. The van der Waals surface area contributed by atoms with Crippen LogP contribution in [-0.2, 0) is 0 Å². The molecule has 0 unspecified atom stereocenters. The van der Waals surface area contributed by atoms with Crippen LogP contribution in [0, 0.1) is 0 Å². The molecular formula is C23H20N4O. The molecule has 2 amide bonds. The lowest BCUT2D eigenvalue weighted by Crippen LogP contribution is -2.39. The molecule has 2 N–H and O–H groups in total. The normalized spacial score (nSPS) is 15.5. The Labute approximate surface area is 163 Å². The van der Waals surface area contributed by atoms with Gasteiger partial charge in [-0.1, -0.05) is 60.7 Å². The topological polar surface area (TPSA) is 65.8 Å². The minimum Gasteiger partial charge on any atom is -0.308 e. The summed E-state index contributed by atoms with van der Waals surface area (Å²) in [6.07, 6.45) is 0. The summed E-state index contributed by atoms with van der Waals surface area (Å²) < 4.78 is 0. The molecule has 28 heavy (non-hydrogen) atoms. The van der Waals surface area contributed by atoms with E-state index in [1.807, 2.05) is 91.9 Å². The van der Waals surface area contributed by atoms with Crippen molar-refractivity contribution in [2.24, 2.45) is 9.98 Å². The fourth-order valence-corrected chi connectivity index (χ4v) is 3.24. The van der Waals surface area contributed by atoms with Crippen molar-refractivity contribution < 1.29 is 4.79 Å². The number of anilines is 1. The van der Waals surface area contributed by atoms with Crippen LogP contribution in [0.4, 0.5) is 21.9 Å². The summed E-state index contributed by atoms with van der Waals surface area (Å²) in [7, 11) is 0. The Hall–Kier alpha value is -3.73. The molecule has 0 aromatic heterocycles. The largest absolute Gasteiger partial charge is 0.324 e. The fourth-order valence-electron chi connectivity index (χ4n) is 3.24. The van der Waals surface area contributed by atoms with E-state index >= 15 is 0 Å². The number of urea groups is 1. The number of hydrogen-bond donors (Lipinski definition) is 2. The molecule has 0 fully saturated rings. The lowest BCUT2D eigenvalue weighted by atomic mass is 9.93. The van der Waals surface area contributed by atoms with Crippen LogP contribution in [0.3, 0.4) is 0 Å². The Bertz CT molecular complexity index is 1040. The van der Waals surface area contributed by atoms with Gasteiger partial charge in [-0.2, -0.15) is 0 Å². The molecule has 138 valence electrons. The summed E-state index contributed by atoms with van der Waals surface area (Å²) >= 11 is 0. The van der Waals surface area contributed by atoms with Gasteiger partial charge >= 0.3 is 6.03 Å². The van der Waals surface area contributed by atoms with Gasteiger partial charge in [0.1, 0.15) is 5.84 Å². The van der Waals surface area contributed by atoms with E-state index < -0.39 is 0 Å². The first-order valence-electron chi connectivity index (χ1n) is 9.11. The van der Waals surface area contributed by atoms with Crippen LogP contribution in [0.5, 0.6) is 0 Å². The first-order chi connectivity index (χ1) is 13.7. The van der Waals surface area contributed by atoms with E-state index in [2.05, 4.69) is 10.6 Å². The number of para-hydroxylation sites is 3. The first-order valence-corrected chi connectivity index (χ1v) is 9.11. The van der Waals surface area contributed by atoms with Gasteiger partial charge < -0.3 is 5.32 Å². The van der Waals surface area contributed by atoms with Crippen molar-refractivity contribution in [1.29, 1.82) is 0 Å². The summed E-state index contributed by atoms with van der Waals surface area (Å²) in [5, 5.41) is 5.80. The predicted molar refractivity (Wildman–Crippen MR) is 114 cm³/mol. The monoisotopic (exact) mass is 368 g/mol. The molecule has 0 radical (unpaired) electrons. The van der Waals surface area contributed by atoms with Gasteiger partial charge in [-0.25, -0.2) is 9.79 Å². The van der Waals surface area contributed by atoms with Crippen molar-refractivity contribution in [3.8, 4) is 0 Å². The number of carbonyl (C=O) groups is 1. The number of amidine groups is 1. The maximum absolute atomic E-state index is 12.6. The first kappa shape index (κ1) is 17.7. The van der Waals surface area contributed by atoms with E-state index in [4.69, 9.17) is 9.98 Å². The molecule has 0 saturated carbocycles. The number of aliphatic imine (C=N–C) groups is 2. The molecule has 3 aromatic rings. The fraction of sp³-hybridized carbons (Fsp3) is 0.0870. The van der Waals surface area contributed by atoms with Crippen molar-refractivity contribution in [2.45, 2.75) is 12.8 Å². The standard InChI is InChI=1S/C23H20N4O/c1-16-21(17-10-4-2-5-11-17)22(26-20-15-9-8-14-19(20)24-16)27-23(28)25-18-12-6-3-7-13-18/h2-15,21H,1H3,(H2,25,26,27,28)/t21-/m1/s1. The van der Waals surface area contributed by atoms with Gasteiger partial charge in [0.15, 0.2) is 0 Å². The number of rotatable bonds is 2. The highest BCUT2D eigenvalue weighted by Crippen LogP contribution is 2.34. The number of fused-ring (bicyclic) bond motifs is 1. The molecule has 3 aromatic carbocycles. The van der Waals surface area contributed by atoms with Crippen molar-refractivity contribution in [3.63, 3.8) is 0 Å². The van der Waals surface area contributed by atoms with Gasteiger partial charge in [-0.15, -0.1) is 0 Å². The van der Waals surface area contributed by atoms with E-state index in [-0.39, 0.29) is 11.9 Å². The van der Waals surface area contributed by atoms with Crippen molar-refractivity contribution in [3.05, 3.63) is 90.5 Å². The van der Waals surface area contributed by atoms with E-state index in [9.17, 15) is 4.79 Å². The highest BCUT2D eigenvalue weighted by atomic mass is 16.2. The Balaban J connectivity index is 1.71. The Kier molecular flexibility index (Phi) is 4.97. The molecular weight excluding hydrogens is 348 g/mol. The average molecular weight is 368 g/mol. The third-order valence-corrected chi connectivity index (χ3v) is 4.52. The second kappa shape index (κ2) is 7.88. The van der Waals surface area contributed by atoms with E-state index in [0.717, 1.165) is 28.3 Å². The second-order valence-electron chi connectivity index (χ2n) is 6.53. The van der Waals surface area contributed by atoms with Crippen LogP contribution in [0.25, 0.3) is 0 Å². The quantitative estimate of drug-likeness (QED) is 0.622. The van der Waals surface area contributed by atoms with E-state index in [0.29, 0.717) is 5.84 Å². The van der Waals surface area contributed by atoms with Crippen molar-refractivity contribution >= 4 is 34.6 Å². The molecule has 1 atom stereocenters. The SMILES string of the molecule is CC1=Nc2ccccc2N=C(NC(=O)Nc2ccccc2)[C@H]1c1ccccc1. The lowest BCUT2D eigenvalue weighted by molar-refractivity contribution is 0.256. The minimum atomic E-state index is -0.335. The molecule has 1 heterocycles. The molecule has 4 rings (SSSR count). The number of amides is 2. The molecule has 0 spiro atoms. The molecule has 5 heteroatoms. The zero-order chi connectivity index (χ0) is 19.3. The van der Waals surface area contributed by atoms with Crippen LogP contribution in [0.2, 0.25) is 0 Å². The molecule has 1 aliphatic rings. The highest BCUT2D eigenvalue weighted by Gasteiger charge is 2.26. The summed E-state index contributed by atoms with van der Waals surface area (Å²) in [4.78, 5) is 22.2. The summed E-state index contributed by atoms with van der Waals surface area (Å²) in [6, 6.07) is 26.6. The summed E-state index contributed by atoms with van der Waals surface area (Å²) in [6.45, 7) is 1.96. The Morgan fingerprint density at radius 1 is 0.750 bits per heavy atom. The Morgan fingerprint density at radius 3 is 2.00 bits per heavy atom. The van der Waals surface area contributed by atoms with Gasteiger partial charge in [-0.3, -0.25) is 10.3 Å². The zero-order valence-corrected chi connectivity index (χ0v) is 15.5. The van der Waals surface area contributed by atoms with Crippen LogP contribution >= 0.6 is 0 Å². The smallest absolute Gasteiger partial charge is 0.308 e. The molecule has 5 nitrogen and oxygen atoms in total. The highest BCUT2D eigenvalue weighted by molar-refractivity contribution is 6.18. The van der Waals surface area contributed by atoms with Crippen LogP contribution in [0.15, 0.2) is 94.9 Å². The zero-order valence-electron chi connectivity index (χ0n) is 15.5.